The molecule has 1 atom stereocenters. The normalized spacial score (nSPS) is 16.8. The Hall–Kier alpha value is -2.29. The summed E-state index contributed by atoms with van der Waals surface area (Å²) in [7, 11) is 1.68. The van der Waals surface area contributed by atoms with Crippen LogP contribution in [0.3, 0.4) is 0 Å². The van der Waals surface area contributed by atoms with Crippen LogP contribution in [0.25, 0.3) is 0 Å². The minimum Gasteiger partial charge on any atom is -0.497 e. The molecule has 0 amide bonds. The molecule has 1 aliphatic heterocycles. The highest BCUT2D eigenvalue weighted by molar-refractivity contribution is 5.75. The molecule has 0 bridgehead atoms. The molecule has 1 heterocycles. The van der Waals surface area contributed by atoms with Crippen molar-refractivity contribution in [1.82, 2.24) is 0 Å². The molecule has 3 heteroatoms. The molecule has 23 heavy (non-hydrogen) atoms. The molecule has 2 aromatic carbocycles. The van der Waals surface area contributed by atoms with Gasteiger partial charge in [0.05, 0.1) is 13.2 Å². The van der Waals surface area contributed by atoms with Crippen molar-refractivity contribution in [3.63, 3.8) is 0 Å². The van der Waals surface area contributed by atoms with Gasteiger partial charge in [-0.3, -0.25) is 0 Å². The van der Waals surface area contributed by atoms with Gasteiger partial charge in [-0.1, -0.05) is 24.3 Å². The SMILES string of the molecule is COc1ccc(N2CCc3ccccc3C2CCC(C)=O)cc1. The van der Waals surface area contributed by atoms with Gasteiger partial charge >= 0.3 is 0 Å². The number of fused-ring (bicyclic) bond motifs is 1. The number of Topliss-reactive ketones (excluding diaryl/α,β-unsaturated/α-hetero) is 1. The zero-order valence-electron chi connectivity index (χ0n) is 13.8. The molecule has 0 N–H and O–H groups in total. The zero-order chi connectivity index (χ0) is 16.2. The van der Waals surface area contributed by atoms with Gasteiger partial charge in [0, 0.05) is 18.7 Å². The number of carbonyl (C=O) groups excluding carboxylic acids is 1. The van der Waals surface area contributed by atoms with Crippen LogP contribution < -0.4 is 9.64 Å². The minimum absolute atomic E-state index is 0.253. The maximum Gasteiger partial charge on any atom is 0.129 e. The largest absolute Gasteiger partial charge is 0.497 e. The van der Waals surface area contributed by atoms with Crippen LogP contribution in [-0.4, -0.2) is 19.4 Å². The van der Waals surface area contributed by atoms with Gasteiger partial charge in [-0.25, -0.2) is 0 Å². The minimum atomic E-state index is 0.253. The van der Waals surface area contributed by atoms with E-state index in [2.05, 4.69) is 41.3 Å². The molecule has 0 aromatic heterocycles. The molecule has 0 saturated heterocycles. The molecule has 2 aromatic rings. The number of nitrogens with zero attached hydrogens (tertiary/aromatic N) is 1. The smallest absolute Gasteiger partial charge is 0.129 e. The summed E-state index contributed by atoms with van der Waals surface area (Å²) in [5, 5.41) is 0. The lowest BCUT2D eigenvalue weighted by Crippen LogP contribution is -2.35. The molecule has 0 radical (unpaired) electrons. The number of methoxy groups -OCH3 is 1. The van der Waals surface area contributed by atoms with Gasteiger partial charge in [0.25, 0.3) is 0 Å². The van der Waals surface area contributed by atoms with E-state index in [1.54, 1.807) is 14.0 Å². The van der Waals surface area contributed by atoms with Crippen LogP contribution in [0.1, 0.15) is 36.9 Å². The van der Waals surface area contributed by atoms with E-state index in [9.17, 15) is 4.79 Å². The molecular formula is C20H23NO2. The maximum atomic E-state index is 11.5. The second kappa shape index (κ2) is 6.86. The van der Waals surface area contributed by atoms with Crippen molar-refractivity contribution >= 4 is 11.5 Å². The first-order valence-corrected chi connectivity index (χ1v) is 8.17. The molecule has 3 rings (SSSR count). The van der Waals surface area contributed by atoms with Crippen molar-refractivity contribution in [2.75, 3.05) is 18.6 Å². The molecule has 1 unspecified atom stereocenters. The maximum absolute atomic E-state index is 11.5. The summed E-state index contributed by atoms with van der Waals surface area (Å²) in [4.78, 5) is 13.9. The van der Waals surface area contributed by atoms with E-state index in [1.165, 1.54) is 16.8 Å². The Kier molecular flexibility index (Phi) is 4.65. The van der Waals surface area contributed by atoms with E-state index in [4.69, 9.17) is 4.74 Å². The lowest BCUT2D eigenvalue weighted by molar-refractivity contribution is -0.117. The van der Waals surface area contributed by atoms with E-state index < -0.39 is 0 Å². The second-order valence-electron chi connectivity index (χ2n) is 6.10. The first kappa shape index (κ1) is 15.6. The Morgan fingerprint density at radius 1 is 1.17 bits per heavy atom. The molecule has 0 fully saturated rings. The number of hydrogen-bond acceptors (Lipinski definition) is 3. The Labute approximate surface area is 137 Å². The van der Waals surface area contributed by atoms with Crippen molar-refractivity contribution in [1.29, 1.82) is 0 Å². The van der Waals surface area contributed by atoms with Crippen molar-refractivity contribution in [3.8, 4) is 5.75 Å². The van der Waals surface area contributed by atoms with Gasteiger partial charge in [-0.05, 0) is 55.2 Å². The van der Waals surface area contributed by atoms with Gasteiger partial charge in [0.15, 0.2) is 0 Å². The van der Waals surface area contributed by atoms with Crippen molar-refractivity contribution in [2.45, 2.75) is 32.2 Å². The van der Waals surface area contributed by atoms with Crippen molar-refractivity contribution in [3.05, 3.63) is 59.7 Å². The molecule has 120 valence electrons. The van der Waals surface area contributed by atoms with Crippen LogP contribution in [0.2, 0.25) is 0 Å². The third kappa shape index (κ3) is 3.39. The average molecular weight is 309 g/mol. The number of hydrogen-bond donors (Lipinski definition) is 0. The van der Waals surface area contributed by atoms with Crippen LogP contribution in [0.4, 0.5) is 5.69 Å². The summed E-state index contributed by atoms with van der Waals surface area (Å²) in [6.07, 6.45) is 2.52. The Morgan fingerprint density at radius 3 is 2.61 bits per heavy atom. The molecule has 0 spiro atoms. The molecule has 3 nitrogen and oxygen atoms in total. The quantitative estimate of drug-likeness (QED) is 0.830. The first-order chi connectivity index (χ1) is 11.2. The zero-order valence-corrected chi connectivity index (χ0v) is 13.8. The van der Waals surface area contributed by atoms with Crippen LogP contribution in [-0.2, 0) is 11.2 Å². The van der Waals surface area contributed by atoms with Crippen LogP contribution in [0.15, 0.2) is 48.5 Å². The molecule has 0 saturated carbocycles. The lowest BCUT2D eigenvalue weighted by Gasteiger charge is -2.39. The monoisotopic (exact) mass is 309 g/mol. The van der Waals surface area contributed by atoms with Crippen LogP contribution in [0.5, 0.6) is 5.75 Å². The third-order valence-electron chi connectivity index (χ3n) is 4.59. The second-order valence-corrected chi connectivity index (χ2v) is 6.10. The number of carbonyl (C=O) groups is 1. The van der Waals surface area contributed by atoms with Crippen LogP contribution in [0, 0.1) is 0 Å². The van der Waals surface area contributed by atoms with Gasteiger partial charge in [0.2, 0.25) is 0 Å². The summed E-state index contributed by atoms with van der Waals surface area (Å²) in [6.45, 7) is 2.65. The highest BCUT2D eigenvalue weighted by atomic mass is 16.5. The summed E-state index contributed by atoms with van der Waals surface area (Å²) in [6, 6.07) is 17.1. The third-order valence-corrected chi connectivity index (χ3v) is 4.59. The predicted molar refractivity (Wildman–Crippen MR) is 93.1 cm³/mol. The summed E-state index contributed by atoms with van der Waals surface area (Å²) >= 11 is 0. The standard InChI is InChI=1S/C20H23NO2/c1-15(22)7-12-20-19-6-4-3-5-16(19)13-14-21(20)17-8-10-18(23-2)11-9-17/h3-6,8-11,20H,7,12-14H2,1-2H3. The summed E-state index contributed by atoms with van der Waals surface area (Å²) in [5.74, 6) is 1.12. The van der Waals surface area contributed by atoms with E-state index in [0.717, 1.165) is 25.1 Å². The Bertz CT molecular complexity index is 678. The average Bonchev–Trinajstić information content (AvgIpc) is 2.59. The number of rotatable bonds is 5. The van der Waals surface area contributed by atoms with Crippen molar-refractivity contribution < 1.29 is 9.53 Å². The van der Waals surface area contributed by atoms with Gasteiger partial charge in [-0.15, -0.1) is 0 Å². The first-order valence-electron chi connectivity index (χ1n) is 8.17. The van der Waals surface area contributed by atoms with Gasteiger partial charge in [-0.2, -0.15) is 0 Å². The molecule has 0 aliphatic carbocycles. The number of anilines is 1. The molecule has 1 aliphatic rings. The summed E-state index contributed by atoms with van der Waals surface area (Å²) in [5.41, 5.74) is 3.95. The van der Waals surface area contributed by atoms with Crippen LogP contribution >= 0.6 is 0 Å². The van der Waals surface area contributed by atoms with Crippen molar-refractivity contribution in [2.24, 2.45) is 0 Å². The number of ketones is 1. The lowest BCUT2D eigenvalue weighted by atomic mass is 9.89. The van der Waals surface area contributed by atoms with E-state index in [1.807, 2.05) is 12.1 Å². The fourth-order valence-corrected chi connectivity index (χ4v) is 3.39. The fraction of sp³-hybridized carbons (Fsp3) is 0.350. The van der Waals surface area contributed by atoms with E-state index >= 15 is 0 Å². The Morgan fingerprint density at radius 2 is 1.91 bits per heavy atom. The van der Waals surface area contributed by atoms with Gasteiger partial charge in [0.1, 0.15) is 11.5 Å². The van der Waals surface area contributed by atoms with Gasteiger partial charge < -0.3 is 14.4 Å². The number of ether oxygens (including phenoxy) is 1. The molecular weight excluding hydrogens is 286 g/mol. The summed E-state index contributed by atoms with van der Waals surface area (Å²) < 4.78 is 5.26. The highest BCUT2D eigenvalue weighted by Crippen LogP contribution is 2.37. The number of benzene rings is 2. The van der Waals surface area contributed by atoms with E-state index in [-0.39, 0.29) is 11.8 Å². The fourth-order valence-electron chi connectivity index (χ4n) is 3.39. The van der Waals surface area contributed by atoms with E-state index in [0.29, 0.717) is 6.42 Å². The highest BCUT2D eigenvalue weighted by Gasteiger charge is 2.27. The topological polar surface area (TPSA) is 29.5 Å². The Balaban J connectivity index is 1.92. The predicted octanol–water partition coefficient (Wildman–Crippen LogP) is 4.17.